The Morgan fingerprint density at radius 2 is 0.891 bits per heavy atom. The number of nitrogens with zero attached hydrogens (tertiary/aromatic N) is 2. The van der Waals surface area contributed by atoms with Gasteiger partial charge in [-0.2, -0.15) is 0 Å². The van der Waals surface area contributed by atoms with Crippen LogP contribution in [0.3, 0.4) is 0 Å². The van der Waals surface area contributed by atoms with E-state index in [0.29, 0.717) is 5.82 Å². The van der Waals surface area contributed by atoms with Crippen molar-refractivity contribution < 1.29 is 0 Å². The zero-order valence-electron chi connectivity index (χ0n) is 35.6. The van der Waals surface area contributed by atoms with Gasteiger partial charge in [0, 0.05) is 42.3 Å². The highest BCUT2D eigenvalue weighted by Crippen LogP contribution is 2.50. The molecule has 0 unspecified atom stereocenters. The van der Waals surface area contributed by atoms with Crippen molar-refractivity contribution >= 4 is 31.5 Å². The maximum Gasteiger partial charge on any atom is 0.160 e. The van der Waals surface area contributed by atoms with Crippen molar-refractivity contribution in [2.75, 3.05) is 0 Å². The van der Waals surface area contributed by atoms with Crippen LogP contribution in [0, 0.1) is 0 Å². The summed E-state index contributed by atoms with van der Waals surface area (Å²) in [7, 11) is 0. The van der Waals surface area contributed by atoms with Crippen LogP contribution >= 0.6 is 11.3 Å². The van der Waals surface area contributed by atoms with E-state index >= 15 is 0 Å². The summed E-state index contributed by atoms with van der Waals surface area (Å²) in [5.74, 6) is 0.693. The summed E-state index contributed by atoms with van der Waals surface area (Å²) >= 11 is 1.86. The van der Waals surface area contributed by atoms with Gasteiger partial charge in [-0.1, -0.05) is 190 Å². The van der Waals surface area contributed by atoms with Crippen molar-refractivity contribution in [3.05, 3.63) is 230 Å². The molecule has 0 N–H and O–H groups in total. The first-order valence-corrected chi connectivity index (χ1v) is 22.8. The van der Waals surface area contributed by atoms with Gasteiger partial charge in [-0.15, -0.1) is 11.3 Å². The molecule has 302 valence electrons. The van der Waals surface area contributed by atoms with Crippen LogP contribution in [0.1, 0.15) is 25.0 Å². The lowest BCUT2D eigenvalue weighted by Gasteiger charge is -2.22. The lowest BCUT2D eigenvalue weighted by atomic mass is 9.81. The van der Waals surface area contributed by atoms with Crippen molar-refractivity contribution in [1.29, 1.82) is 0 Å². The predicted molar refractivity (Wildman–Crippen MR) is 271 cm³/mol. The molecule has 0 bridgehead atoms. The zero-order valence-corrected chi connectivity index (χ0v) is 36.4. The molecule has 64 heavy (non-hydrogen) atoms. The van der Waals surface area contributed by atoms with E-state index in [-0.39, 0.29) is 5.41 Å². The van der Waals surface area contributed by atoms with Gasteiger partial charge in [-0.05, 0) is 109 Å². The molecule has 12 rings (SSSR count). The van der Waals surface area contributed by atoms with E-state index in [0.717, 1.165) is 50.3 Å². The maximum atomic E-state index is 5.41. The summed E-state index contributed by atoms with van der Waals surface area (Å²) in [5, 5.41) is 2.57. The fourth-order valence-corrected chi connectivity index (χ4v) is 11.1. The Balaban J connectivity index is 1.07. The van der Waals surface area contributed by atoms with E-state index in [1.54, 1.807) is 0 Å². The second kappa shape index (κ2) is 15.3. The third-order valence-corrected chi connectivity index (χ3v) is 14.3. The molecule has 11 aromatic rings. The van der Waals surface area contributed by atoms with Crippen molar-refractivity contribution in [3.63, 3.8) is 0 Å². The number of aromatic nitrogens is 2. The smallest absolute Gasteiger partial charge is 0.160 e. The third-order valence-electron chi connectivity index (χ3n) is 13.1. The molecule has 0 spiro atoms. The summed E-state index contributed by atoms with van der Waals surface area (Å²) < 4.78 is 2.58. The molecule has 9 aromatic carbocycles. The van der Waals surface area contributed by atoms with E-state index < -0.39 is 0 Å². The second-order valence-electron chi connectivity index (χ2n) is 17.3. The number of fused-ring (bicyclic) bond motifs is 6. The largest absolute Gasteiger partial charge is 0.228 e. The van der Waals surface area contributed by atoms with E-state index in [4.69, 9.17) is 9.97 Å². The van der Waals surface area contributed by atoms with Gasteiger partial charge in [-0.25, -0.2) is 9.97 Å². The Bertz CT molecular complexity index is 3580. The van der Waals surface area contributed by atoms with Crippen LogP contribution in [0.5, 0.6) is 0 Å². The van der Waals surface area contributed by atoms with Gasteiger partial charge in [0.05, 0.1) is 11.4 Å². The molecule has 2 nitrogen and oxygen atoms in total. The SMILES string of the molecule is CC1(C)c2ccccc2-c2ccc(-c3ccccc3-c3cc(-c4cc(-c5cccc(-c6ccccc6)c5)cc(-c5cccc6c5sc5ccccc56)c4)nc(-c4ccccc4)n3)cc21. The molecule has 2 heterocycles. The number of thiophene rings is 1. The summed E-state index contributed by atoms with van der Waals surface area (Å²) in [5.41, 5.74) is 19.4. The van der Waals surface area contributed by atoms with Gasteiger partial charge in [0.1, 0.15) is 0 Å². The summed E-state index contributed by atoms with van der Waals surface area (Å²) in [6.07, 6.45) is 0. The molecular formula is C61H42N2S. The highest BCUT2D eigenvalue weighted by atomic mass is 32.1. The van der Waals surface area contributed by atoms with Gasteiger partial charge in [0.25, 0.3) is 0 Å². The maximum absolute atomic E-state index is 5.41. The highest BCUT2D eigenvalue weighted by Gasteiger charge is 2.35. The first-order valence-electron chi connectivity index (χ1n) is 22.0. The molecule has 3 heteroatoms. The Hall–Kier alpha value is -7.72. The number of rotatable bonds is 7. The lowest BCUT2D eigenvalue weighted by molar-refractivity contribution is 0.660. The minimum absolute atomic E-state index is 0.108. The van der Waals surface area contributed by atoms with Crippen molar-refractivity contribution in [2.45, 2.75) is 19.3 Å². The van der Waals surface area contributed by atoms with E-state index in [9.17, 15) is 0 Å². The minimum atomic E-state index is -0.108. The monoisotopic (exact) mass is 834 g/mol. The fraction of sp³-hybridized carbons (Fsp3) is 0.0492. The number of benzene rings is 9. The van der Waals surface area contributed by atoms with Crippen LogP contribution in [0.15, 0.2) is 218 Å². The van der Waals surface area contributed by atoms with Crippen LogP contribution < -0.4 is 0 Å². The van der Waals surface area contributed by atoms with Gasteiger partial charge in [-0.3, -0.25) is 0 Å². The first-order chi connectivity index (χ1) is 31.5. The lowest BCUT2D eigenvalue weighted by Crippen LogP contribution is -2.14. The Kier molecular flexibility index (Phi) is 9.06. The highest BCUT2D eigenvalue weighted by molar-refractivity contribution is 7.26. The van der Waals surface area contributed by atoms with Gasteiger partial charge >= 0.3 is 0 Å². The minimum Gasteiger partial charge on any atom is -0.228 e. The van der Waals surface area contributed by atoms with Crippen LogP contribution in [0.2, 0.25) is 0 Å². The summed E-state index contributed by atoms with van der Waals surface area (Å²) in [6, 6.07) is 79.1. The molecular weight excluding hydrogens is 793 g/mol. The molecule has 0 fully saturated rings. The molecule has 0 aliphatic heterocycles. The number of hydrogen-bond acceptors (Lipinski definition) is 3. The number of hydrogen-bond donors (Lipinski definition) is 0. The van der Waals surface area contributed by atoms with E-state index in [1.807, 2.05) is 17.4 Å². The normalized spacial score (nSPS) is 12.7. The molecule has 0 atom stereocenters. The Morgan fingerprint density at radius 1 is 0.328 bits per heavy atom. The van der Waals surface area contributed by atoms with Crippen LogP contribution in [-0.2, 0) is 5.41 Å². The average Bonchev–Trinajstić information content (AvgIpc) is 3.86. The first kappa shape index (κ1) is 38.0. The molecule has 1 aliphatic rings. The quantitative estimate of drug-likeness (QED) is 0.160. The van der Waals surface area contributed by atoms with Crippen LogP contribution in [-0.4, -0.2) is 9.97 Å². The van der Waals surface area contributed by atoms with Crippen LogP contribution in [0.25, 0.3) is 110 Å². The summed E-state index contributed by atoms with van der Waals surface area (Å²) in [4.78, 5) is 10.8. The van der Waals surface area contributed by atoms with E-state index in [1.165, 1.54) is 64.7 Å². The van der Waals surface area contributed by atoms with Gasteiger partial charge in [0.15, 0.2) is 5.82 Å². The molecule has 0 saturated heterocycles. The van der Waals surface area contributed by atoms with Gasteiger partial charge < -0.3 is 0 Å². The zero-order chi connectivity index (χ0) is 42.8. The third kappa shape index (κ3) is 6.47. The Morgan fingerprint density at radius 3 is 1.72 bits per heavy atom. The molecule has 0 saturated carbocycles. The second-order valence-corrected chi connectivity index (χ2v) is 18.4. The topological polar surface area (TPSA) is 25.8 Å². The van der Waals surface area contributed by atoms with Crippen molar-refractivity contribution in [3.8, 4) is 89.5 Å². The molecule has 0 radical (unpaired) electrons. The molecule has 1 aliphatic carbocycles. The Labute approximate surface area is 377 Å². The van der Waals surface area contributed by atoms with E-state index in [2.05, 4.69) is 226 Å². The van der Waals surface area contributed by atoms with Crippen LogP contribution in [0.4, 0.5) is 0 Å². The predicted octanol–water partition coefficient (Wildman–Crippen LogP) is 16.8. The average molecular weight is 835 g/mol. The standard InChI is InChI=1S/C61H42N2S/c1-61(2)54-29-13-11-24-49(54)50-32-31-43(37-55(50)61)47-23-9-10-25-51(47)57-38-56(62-60(63-57)40-19-7-4-8-20-40)46-35-44(42-22-15-21-41(33-42)39-17-5-3-6-18-39)34-45(36-46)48-27-16-28-53-52-26-12-14-30-58(52)64-59(48)53/h3-38H,1-2H3. The van der Waals surface area contributed by atoms with Crippen molar-refractivity contribution in [1.82, 2.24) is 9.97 Å². The summed E-state index contributed by atoms with van der Waals surface area (Å²) in [6.45, 7) is 4.69. The van der Waals surface area contributed by atoms with Crippen molar-refractivity contribution in [2.24, 2.45) is 0 Å². The fourth-order valence-electron chi connectivity index (χ4n) is 9.86. The molecule has 2 aromatic heterocycles. The molecule has 0 amide bonds. The van der Waals surface area contributed by atoms with Gasteiger partial charge in [0.2, 0.25) is 0 Å².